The number of benzene rings is 1. The van der Waals surface area contributed by atoms with E-state index in [1.54, 1.807) is 11.3 Å². The average molecular weight is 556 g/mol. The number of thiophene rings is 2. The molecule has 4 aromatic heterocycles. The van der Waals surface area contributed by atoms with Gasteiger partial charge in [0.05, 0.1) is 26.6 Å². The summed E-state index contributed by atoms with van der Waals surface area (Å²) in [6.45, 7) is 0. The number of nitrogens with two attached hydrogens (primary N) is 1. The monoisotopic (exact) mass is 555 g/mol. The molecule has 1 amide bonds. The number of nitrogens with one attached hydrogen (secondary N) is 2. The number of aromatic nitrogens is 3. The Balaban J connectivity index is 1.40. The van der Waals surface area contributed by atoms with Crippen LogP contribution in [0.4, 0.5) is 5.69 Å². The second-order valence-electron chi connectivity index (χ2n) is 7.49. The van der Waals surface area contributed by atoms with E-state index < -0.39 is 10.0 Å². The number of rotatable bonds is 7. The first kappa shape index (κ1) is 24.3. The molecule has 0 aliphatic rings. The molecule has 0 bridgehead atoms. The number of H-pyrrole nitrogens is 1. The van der Waals surface area contributed by atoms with Crippen molar-refractivity contribution in [2.24, 2.45) is 5.14 Å². The van der Waals surface area contributed by atoms with Crippen LogP contribution in [-0.4, -0.2) is 35.0 Å². The van der Waals surface area contributed by atoms with E-state index in [1.807, 2.05) is 41.1 Å². The lowest BCUT2D eigenvalue weighted by Crippen LogP contribution is -2.16. The molecule has 4 N–H and O–H groups in total. The Bertz CT molecular complexity index is 1710. The van der Waals surface area contributed by atoms with Crippen molar-refractivity contribution in [1.82, 2.24) is 15.0 Å². The summed E-state index contributed by atoms with van der Waals surface area (Å²) in [4.78, 5) is 39.3. The summed E-state index contributed by atoms with van der Waals surface area (Å²) < 4.78 is 22.7. The molecule has 4 heterocycles. The zero-order valence-corrected chi connectivity index (χ0v) is 21.6. The van der Waals surface area contributed by atoms with Gasteiger partial charge >= 0.3 is 0 Å². The quantitative estimate of drug-likeness (QED) is 0.202. The molecular weight excluding hydrogens is 539 g/mol. The maximum absolute atomic E-state index is 13.1. The van der Waals surface area contributed by atoms with Gasteiger partial charge in [0.1, 0.15) is 0 Å². The highest BCUT2D eigenvalue weighted by atomic mass is 32.2. The summed E-state index contributed by atoms with van der Waals surface area (Å²) >= 11 is 4.13. The Kier molecular flexibility index (Phi) is 6.73. The Labute approximate surface area is 217 Å². The second-order valence-corrected chi connectivity index (χ2v) is 11.9. The van der Waals surface area contributed by atoms with Crippen LogP contribution in [0, 0.1) is 0 Å². The van der Waals surface area contributed by atoms with Gasteiger partial charge in [0, 0.05) is 16.1 Å². The number of thioether (sulfide) groups is 1. The average Bonchev–Trinajstić information content (AvgIpc) is 3.56. The van der Waals surface area contributed by atoms with Crippen LogP contribution in [0.2, 0.25) is 0 Å². The van der Waals surface area contributed by atoms with Crippen molar-refractivity contribution in [2.75, 3.05) is 11.1 Å². The van der Waals surface area contributed by atoms with E-state index in [0.717, 1.165) is 32.8 Å². The van der Waals surface area contributed by atoms with Gasteiger partial charge in [-0.3, -0.25) is 9.59 Å². The molecule has 0 spiro atoms. The largest absolute Gasteiger partial charge is 0.325 e. The fourth-order valence-corrected chi connectivity index (χ4v) is 6.03. The maximum atomic E-state index is 13.1. The molecule has 9 nitrogen and oxygen atoms in total. The summed E-state index contributed by atoms with van der Waals surface area (Å²) in [7, 11) is -3.81. The minimum Gasteiger partial charge on any atom is -0.325 e. The summed E-state index contributed by atoms with van der Waals surface area (Å²) in [6, 6.07) is 15.2. The number of aromatic amines is 1. The second kappa shape index (κ2) is 9.95. The summed E-state index contributed by atoms with van der Waals surface area (Å²) in [5, 5.41) is 12.3. The lowest BCUT2D eigenvalue weighted by Gasteiger charge is -2.09. The van der Waals surface area contributed by atoms with Crippen LogP contribution >= 0.6 is 34.4 Å². The summed E-state index contributed by atoms with van der Waals surface area (Å²) in [6.07, 6.45) is 0. The van der Waals surface area contributed by atoms with Crippen LogP contribution < -0.4 is 16.0 Å². The molecule has 0 saturated carbocycles. The van der Waals surface area contributed by atoms with Crippen LogP contribution in [-0.2, 0) is 14.8 Å². The van der Waals surface area contributed by atoms with E-state index in [9.17, 15) is 18.0 Å². The predicted molar refractivity (Wildman–Crippen MR) is 144 cm³/mol. The van der Waals surface area contributed by atoms with E-state index in [-0.39, 0.29) is 27.3 Å². The third-order valence-corrected chi connectivity index (χ3v) is 8.62. The van der Waals surface area contributed by atoms with Crippen molar-refractivity contribution in [3.8, 4) is 21.0 Å². The highest BCUT2D eigenvalue weighted by Crippen LogP contribution is 2.34. The van der Waals surface area contributed by atoms with E-state index in [1.165, 1.54) is 35.6 Å². The van der Waals surface area contributed by atoms with E-state index in [4.69, 9.17) is 5.14 Å². The van der Waals surface area contributed by atoms with Crippen LogP contribution in [0.3, 0.4) is 0 Å². The van der Waals surface area contributed by atoms with Crippen molar-refractivity contribution >= 4 is 67.1 Å². The summed E-state index contributed by atoms with van der Waals surface area (Å²) in [5.74, 6) is -0.390. The summed E-state index contributed by atoms with van der Waals surface area (Å²) in [5.41, 5.74) is 1.85. The van der Waals surface area contributed by atoms with Gasteiger partial charge < -0.3 is 10.3 Å². The van der Waals surface area contributed by atoms with Crippen molar-refractivity contribution in [2.45, 2.75) is 10.1 Å². The zero-order chi connectivity index (χ0) is 25.3. The number of nitrogens with zero attached hydrogens (tertiary/aromatic N) is 2. The third kappa shape index (κ3) is 5.24. The predicted octanol–water partition coefficient (Wildman–Crippen LogP) is 4.15. The molecule has 0 aliphatic carbocycles. The molecule has 5 aromatic rings. The molecule has 0 saturated heterocycles. The molecule has 0 fully saturated rings. The molecule has 0 atom stereocenters. The molecule has 1 aromatic carbocycles. The third-order valence-electron chi connectivity index (χ3n) is 5.02. The van der Waals surface area contributed by atoms with Crippen molar-refractivity contribution < 1.29 is 13.2 Å². The molecule has 0 radical (unpaired) electrons. The number of hydrogen-bond donors (Lipinski definition) is 3. The number of carbonyl (C=O) groups is 1. The normalized spacial score (nSPS) is 11.6. The zero-order valence-electron chi connectivity index (χ0n) is 18.3. The number of pyridine rings is 1. The van der Waals surface area contributed by atoms with Crippen LogP contribution in [0.25, 0.3) is 32.0 Å². The van der Waals surface area contributed by atoms with Crippen LogP contribution in [0.15, 0.2) is 80.2 Å². The van der Waals surface area contributed by atoms with Gasteiger partial charge in [-0.2, -0.15) is 0 Å². The number of amides is 1. The number of hydrogen-bond acceptors (Lipinski definition) is 9. The van der Waals surface area contributed by atoms with E-state index >= 15 is 0 Å². The number of anilines is 1. The van der Waals surface area contributed by atoms with Gasteiger partial charge in [0.2, 0.25) is 15.9 Å². The Morgan fingerprint density at radius 2 is 1.72 bits per heavy atom. The van der Waals surface area contributed by atoms with Gasteiger partial charge in [-0.15, -0.1) is 22.7 Å². The first-order valence-corrected chi connectivity index (χ1v) is 14.7. The van der Waals surface area contributed by atoms with Gasteiger partial charge in [-0.25, -0.2) is 23.5 Å². The molecule has 13 heteroatoms. The van der Waals surface area contributed by atoms with Crippen LogP contribution in [0.1, 0.15) is 0 Å². The Hall–Kier alpha value is -3.36. The molecular formula is C23H17N5O4S4. The van der Waals surface area contributed by atoms with Gasteiger partial charge in [0.25, 0.3) is 5.56 Å². The van der Waals surface area contributed by atoms with Crippen LogP contribution in [0.5, 0.6) is 0 Å². The Morgan fingerprint density at radius 1 is 1.03 bits per heavy atom. The topological polar surface area (TPSA) is 148 Å². The number of carbonyl (C=O) groups excluding carboxylic acids is 1. The first-order chi connectivity index (χ1) is 17.3. The minimum absolute atomic E-state index is 0.0339. The lowest BCUT2D eigenvalue weighted by molar-refractivity contribution is -0.113. The number of fused-ring (bicyclic) bond motifs is 1. The lowest BCUT2D eigenvalue weighted by atomic mass is 10.1. The highest BCUT2D eigenvalue weighted by Gasteiger charge is 2.17. The van der Waals surface area contributed by atoms with Crippen molar-refractivity contribution in [3.63, 3.8) is 0 Å². The van der Waals surface area contributed by atoms with Gasteiger partial charge in [0.15, 0.2) is 10.8 Å². The molecule has 36 heavy (non-hydrogen) atoms. The minimum atomic E-state index is -3.81. The van der Waals surface area contributed by atoms with Gasteiger partial charge in [-0.05, 0) is 53.2 Å². The SMILES string of the molecule is NS(=O)(=O)c1ccc(NC(=O)CSc2nc3nc(-c4cccs4)cc(-c4cccs4)c3c(=O)[nH]2)cc1. The highest BCUT2D eigenvalue weighted by molar-refractivity contribution is 7.99. The standard InChI is InChI=1S/C23H17N5O4S4/c24-36(31,32)14-7-5-13(6-8-14)25-19(29)12-35-23-27-21-20(22(30)28-23)15(17-3-1-9-33-17)11-16(26-21)18-4-2-10-34-18/h1-11H,12H2,(H,25,29)(H2,24,31,32)(H,26,27,28,30). The van der Waals surface area contributed by atoms with E-state index in [2.05, 4.69) is 20.3 Å². The molecule has 0 aliphatic heterocycles. The van der Waals surface area contributed by atoms with E-state index in [0.29, 0.717) is 16.7 Å². The fourth-order valence-electron chi connectivity index (χ4n) is 3.42. The number of sulfonamides is 1. The van der Waals surface area contributed by atoms with Crippen molar-refractivity contribution in [3.05, 3.63) is 75.7 Å². The Morgan fingerprint density at radius 3 is 2.36 bits per heavy atom. The smallest absolute Gasteiger partial charge is 0.261 e. The molecule has 182 valence electrons. The molecule has 0 unspecified atom stereocenters. The first-order valence-electron chi connectivity index (χ1n) is 10.4. The van der Waals surface area contributed by atoms with Gasteiger partial charge in [-0.1, -0.05) is 23.9 Å². The number of primary sulfonamides is 1. The fraction of sp³-hybridized carbons (Fsp3) is 0.0435. The maximum Gasteiger partial charge on any atom is 0.261 e. The molecule has 5 rings (SSSR count). The van der Waals surface area contributed by atoms with Crippen molar-refractivity contribution in [1.29, 1.82) is 0 Å².